The molecule has 7 aliphatic heterocycles. The van der Waals surface area contributed by atoms with E-state index in [1.165, 1.54) is 43.7 Å². The molecule has 23 aromatic carbocycles. The van der Waals surface area contributed by atoms with Crippen LogP contribution in [-0.2, 0) is 0 Å². The second kappa shape index (κ2) is 33.9. The van der Waals surface area contributed by atoms with Gasteiger partial charge in [-0.15, -0.1) is 0 Å². The monoisotopic (exact) mass is 1860 g/mol. The van der Waals surface area contributed by atoms with Crippen LogP contribution in [0.1, 0.15) is 0 Å². The van der Waals surface area contributed by atoms with Crippen LogP contribution >= 0.6 is 0 Å². The predicted molar refractivity (Wildman–Crippen MR) is 619 cm³/mol. The number of hydrogen-bond donors (Lipinski definition) is 0. The van der Waals surface area contributed by atoms with Crippen LogP contribution in [0.2, 0.25) is 0 Å². The van der Waals surface area contributed by atoms with Gasteiger partial charge in [-0.1, -0.05) is 413 Å². The van der Waals surface area contributed by atoms with Crippen molar-refractivity contribution in [3.05, 3.63) is 534 Å². The van der Waals surface area contributed by atoms with Crippen LogP contribution in [0.4, 0.5) is 85.3 Å². The van der Waals surface area contributed by atoms with Gasteiger partial charge < -0.3 is 29.2 Å². The fraction of sp³-hybridized carbons (Fsp3) is 0. The average molecular weight is 1860 g/mol. The molecule has 7 heterocycles. The van der Waals surface area contributed by atoms with Crippen molar-refractivity contribution in [2.24, 2.45) is 0 Å². The van der Waals surface area contributed by atoms with E-state index in [0.29, 0.717) is 0 Å². The molecule has 0 unspecified atom stereocenters. The fourth-order valence-electron chi connectivity index (χ4n) is 24.9. The summed E-state index contributed by atoms with van der Waals surface area (Å²) < 4.78 is 8.18. The Morgan fingerprint density at radius 2 is 0.340 bits per heavy atom. The predicted octanol–water partition coefficient (Wildman–Crippen LogP) is 30.6. The molecule has 0 saturated carbocycles. The quantitative estimate of drug-likeness (QED) is 0.0895. The van der Waals surface area contributed by atoms with E-state index in [4.69, 9.17) is 4.74 Å². The molecular weight excluding hydrogens is 1780 g/mol. The van der Waals surface area contributed by atoms with Crippen LogP contribution in [0, 0.1) is 0 Å². The van der Waals surface area contributed by atoms with Crippen molar-refractivity contribution >= 4 is 155 Å². The van der Waals surface area contributed by atoms with Crippen molar-refractivity contribution in [1.82, 2.24) is 0 Å². The molecule has 0 aromatic heterocycles. The van der Waals surface area contributed by atoms with Crippen molar-refractivity contribution in [3.63, 3.8) is 0 Å². The van der Waals surface area contributed by atoms with Crippen molar-refractivity contribution in [1.29, 1.82) is 0 Å². The Balaban J connectivity index is 0.778. The summed E-state index contributed by atoms with van der Waals surface area (Å²) in [5, 5.41) is 0. The van der Waals surface area contributed by atoms with Gasteiger partial charge >= 0.3 is 0 Å². The third kappa shape index (κ3) is 13.7. The molecule has 6 nitrogen and oxygen atoms in total. The maximum Gasteiger partial charge on any atom is 0.252 e. The molecule has 0 N–H and O–H groups in total. The number of ether oxygens (including phenoxy) is 1. The van der Waals surface area contributed by atoms with Crippen LogP contribution in [0.3, 0.4) is 0 Å². The smallest absolute Gasteiger partial charge is 0.252 e. The number of nitrogens with zero attached hydrogens (tertiary/aromatic N) is 5. The van der Waals surface area contributed by atoms with Crippen LogP contribution in [0.15, 0.2) is 534 Å². The summed E-state index contributed by atoms with van der Waals surface area (Å²) in [6, 6.07) is 201. The third-order valence-electron chi connectivity index (χ3n) is 31.4. The summed E-state index contributed by atoms with van der Waals surface area (Å²) in [5.74, 6) is 1.60. The number of anilines is 15. The molecular formula is C138H88B3N5O. The van der Waals surface area contributed by atoms with E-state index >= 15 is 0 Å². The molecule has 0 radical (unpaired) electrons. The zero-order valence-corrected chi connectivity index (χ0v) is 80.2. The number of rotatable bonds is 16. The van der Waals surface area contributed by atoms with Crippen LogP contribution in [-0.4, -0.2) is 20.1 Å². The summed E-state index contributed by atoms with van der Waals surface area (Å²) in [5.41, 5.74) is 53.5. The number of hydrogen-bond acceptors (Lipinski definition) is 6. The first-order valence-corrected chi connectivity index (χ1v) is 51.0. The normalized spacial score (nSPS) is 13.0. The van der Waals surface area contributed by atoms with E-state index < -0.39 is 6.71 Å². The molecule has 0 amide bonds. The molecule has 0 saturated heterocycles. The lowest BCUT2D eigenvalue weighted by atomic mass is 9.27. The van der Waals surface area contributed by atoms with E-state index in [1.807, 2.05) is 0 Å². The van der Waals surface area contributed by atoms with Gasteiger partial charge in [0.05, 0.1) is 11.4 Å². The molecule has 23 aromatic rings. The zero-order chi connectivity index (χ0) is 96.4. The molecule has 0 bridgehead atoms. The summed E-state index contributed by atoms with van der Waals surface area (Å²) >= 11 is 0. The first-order chi connectivity index (χ1) is 72.9. The summed E-state index contributed by atoms with van der Waals surface area (Å²) in [4.78, 5) is 13.4. The third-order valence-corrected chi connectivity index (χ3v) is 31.4. The molecule has 7 aliphatic rings. The molecule has 9 heteroatoms. The molecule has 147 heavy (non-hydrogen) atoms. The molecule has 30 rings (SSSR count). The van der Waals surface area contributed by atoms with E-state index in [2.05, 4.69) is 558 Å². The lowest BCUT2D eigenvalue weighted by Gasteiger charge is -2.53. The Labute approximate surface area is 856 Å². The average Bonchev–Trinajstić information content (AvgIpc) is 0.654. The maximum absolute atomic E-state index is 8.18. The summed E-state index contributed by atoms with van der Waals surface area (Å²) in [7, 11) is 0. The number of benzene rings is 23. The van der Waals surface area contributed by atoms with Crippen molar-refractivity contribution in [2.75, 3.05) is 24.5 Å². The van der Waals surface area contributed by atoms with Gasteiger partial charge in [0.1, 0.15) is 0 Å². The summed E-state index contributed by atoms with van der Waals surface area (Å²) in [6.07, 6.45) is 0. The summed E-state index contributed by atoms with van der Waals surface area (Å²) in [6.45, 7) is -1.24. The largest absolute Gasteiger partial charge is 0.453 e. The topological polar surface area (TPSA) is 25.4 Å². The first kappa shape index (κ1) is 83.8. The molecule has 0 aliphatic carbocycles. The minimum atomic E-state index is -0.479. The Morgan fingerprint density at radius 3 is 0.619 bits per heavy atom. The van der Waals surface area contributed by atoms with E-state index in [9.17, 15) is 0 Å². The molecule has 680 valence electrons. The van der Waals surface area contributed by atoms with Gasteiger partial charge in [-0.2, -0.15) is 0 Å². The highest BCUT2D eigenvalue weighted by atomic mass is 16.5. The number of fused-ring (bicyclic) bond motifs is 10. The maximum atomic E-state index is 8.18. The lowest BCUT2D eigenvalue weighted by molar-refractivity contribution is 0.478. The van der Waals surface area contributed by atoms with Gasteiger partial charge in [-0.3, -0.25) is 0 Å². The Kier molecular flexibility index (Phi) is 19.3. The van der Waals surface area contributed by atoms with Crippen LogP contribution in [0.5, 0.6) is 11.5 Å². The van der Waals surface area contributed by atoms with E-state index in [1.54, 1.807) is 0 Å². The van der Waals surface area contributed by atoms with Gasteiger partial charge in [0, 0.05) is 73.9 Å². The van der Waals surface area contributed by atoms with Gasteiger partial charge in [-0.05, 0) is 304 Å². The Morgan fingerprint density at radius 1 is 0.122 bits per heavy atom. The standard InChI is InChI=1S/C138H88B3N5O/c1-13-38-89(39-14-1)101-64-66-123-117(80-101)139-119-86-120-128(87-127(119)144(115-76-107(95-50-25-7-26-51-95)70-108(77-115)96-52-27-8-28-53-96)126-63-37-62-125(133(126)139)142(123)113-72-103(91-42-17-3-18-43-91)68-104(73-113)92-44-19-4-20-45-92)145(116-78-109(97-54-29-9-30-55-97)71-110(79-116)98-56-31-10-32-57-98)130-88-129-134-138-135(130)141(120)122-83-112(100-60-35-12-36-61-100)85-132-137(122)146(138)136-121(82-111(84-131(136)147-132)99-58-33-11-34-59-99)140(134)118-81-102(90-40-15-2-16-41-90)65-67-124(118)143(129)114-74-105(93-46-21-5-22-47-93)69-106(75-114)94-48-23-6-24-49-94/h1-88H. The highest BCUT2D eigenvalue weighted by Crippen LogP contribution is 2.60. The second-order valence-electron chi connectivity index (χ2n) is 39.7. The van der Waals surface area contributed by atoms with Crippen LogP contribution < -0.4 is 78.4 Å². The van der Waals surface area contributed by atoms with E-state index in [0.717, 1.165) is 236 Å². The molecule has 0 atom stereocenters. The highest BCUT2D eigenvalue weighted by Gasteiger charge is 2.56. The van der Waals surface area contributed by atoms with Gasteiger partial charge in [0.2, 0.25) is 0 Å². The Bertz CT molecular complexity index is 9030. The SMILES string of the molecule is c1ccc(-c2cc(-c3ccccc3)cc(N3c4ccc(-c5ccccc5)cc4B4c5cc6c(cc5N(c5cc(-c7ccccc7)cc(-c7ccccc7)c5)c5cccc3c54)N(c3cc(-c4ccccc4)cc(-c4ccccc4)c3)c3cc4c5c7c3B6c3cc(-c6ccccc6)cc6c3N7c3c(cc(-c7ccccc7)cc3B5c3cc(-c5ccccc5)ccc3N4c3cc(-c4ccccc4)cc(-c4ccccc4)c3)O6)c2)cc1. The van der Waals surface area contributed by atoms with Crippen molar-refractivity contribution in [3.8, 4) is 145 Å². The first-order valence-electron chi connectivity index (χ1n) is 51.0. The molecule has 0 spiro atoms. The highest BCUT2D eigenvalue weighted by molar-refractivity contribution is 7.06. The fourth-order valence-corrected chi connectivity index (χ4v) is 24.9. The van der Waals surface area contributed by atoms with Gasteiger partial charge in [0.25, 0.3) is 20.1 Å². The van der Waals surface area contributed by atoms with E-state index in [-0.39, 0.29) is 13.4 Å². The second-order valence-corrected chi connectivity index (χ2v) is 39.7. The van der Waals surface area contributed by atoms with Crippen molar-refractivity contribution in [2.45, 2.75) is 0 Å². The minimum Gasteiger partial charge on any atom is -0.453 e. The minimum absolute atomic E-state index is 0.372. The molecule has 0 fully saturated rings. The zero-order valence-electron chi connectivity index (χ0n) is 80.2. The lowest BCUT2D eigenvalue weighted by Crippen LogP contribution is -2.69. The van der Waals surface area contributed by atoms with Gasteiger partial charge in [-0.25, -0.2) is 0 Å². The van der Waals surface area contributed by atoms with Crippen molar-refractivity contribution < 1.29 is 4.74 Å². The van der Waals surface area contributed by atoms with Crippen LogP contribution in [0.25, 0.3) is 134 Å². The van der Waals surface area contributed by atoms with Gasteiger partial charge in [0.15, 0.2) is 11.5 Å². The Hall–Kier alpha value is -18.9.